The van der Waals surface area contributed by atoms with Gasteiger partial charge in [0.1, 0.15) is 47.5 Å². The third-order valence-corrected chi connectivity index (χ3v) is 4.18. The van der Waals surface area contributed by atoms with Crippen LogP contribution in [0.1, 0.15) is 17.3 Å². The Bertz CT molecular complexity index is 1140. The summed E-state index contributed by atoms with van der Waals surface area (Å²) in [6.07, 6.45) is -1.17. The summed E-state index contributed by atoms with van der Waals surface area (Å²) in [6.45, 7) is 4.24. The Morgan fingerprint density at radius 3 is 2.48 bits per heavy atom. The zero-order valence-corrected chi connectivity index (χ0v) is 16.9. The van der Waals surface area contributed by atoms with Gasteiger partial charge in [0, 0.05) is 11.6 Å². The standard InChI is InChI=1S/C21H21N3O7/c1-12(2)20(27)30-10-14(25)11-31-21(28)13-4-6-16-17(8-13)23-24(22-16)18-7-5-15(29-3)9-19(18)26/h4-9,14,25-26H,1,10-11H2,2-3H3. The van der Waals surface area contributed by atoms with Gasteiger partial charge in [-0.25, -0.2) is 9.59 Å². The van der Waals surface area contributed by atoms with Crippen molar-refractivity contribution < 1.29 is 34.0 Å². The Hall–Kier alpha value is -3.92. The number of aliphatic hydroxyl groups excluding tert-OH is 1. The molecule has 1 unspecified atom stereocenters. The molecule has 0 aliphatic carbocycles. The third kappa shape index (κ3) is 5.17. The van der Waals surface area contributed by atoms with Crippen molar-refractivity contribution in [2.24, 2.45) is 0 Å². The van der Waals surface area contributed by atoms with Crippen molar-refractivity contribution in [1.82, 2.24) is 15.0 Å². The number of hydrogen-bond acceptors (Lipinski definition) is 9. The first-order valence-electron chi connectivity index (χ1n) is 9.20. The van der Waals surface area contributed by atoms with E-state index in [1.54, 1.807) is 18.2 Å². The molecule has 1 heterocycles. The monoisotopic (exact) mass is 427 g/mol. The molecule has 3 aromatic rings. The van der Waals surface area contributed by atoms with Crippen LogP contribution in [0.5, 0.6) is 11.5 Å². The van der Waals surface area contributed by atoms with Gasteiger partial charge in [0.25, 0.3) is 0 Å². The number of hydrogen-bond donors (Lipinski definition) is 2. The molecule has 0 bridgehead atoms. The average Bonchev–Trinajstić information content (AvgIpc) is 3.18. The summed E-state index contributed by atoms with van der Waals surface area (Å²) in [5.74, 6) is -0.906. The predicted molar refractivity (Wildman–Crippen MR) is 109 cm³/mol. The van der Waals surface area contributed by atoms with Crippen LogP contribution in [0, 0.1) is 0 Å². The van der Waals surface area contributed by atoms with Gasteiger partial charge in [-0.2, -0.15) is 0 Å². The van der Waals surface area contributed by atoms with Crippen LogP contribution in [0.3, 0.4) is 0 Å². The summed E-state index contributed by atoms with van der Waals surface area (Å²) < 4.78 is 14.9. The van der Waals surface area contributed by atoms with E-state index in [2.05, 4.69) is 16.8 Å². The lowest BCUT2D eigenvalue weighted by molar-refractivity contribution is -0.142. The van der Waals surface area contributed by atoms with Gasteiger partial charge in [-0.05, 0) is 37.3 Å². The van der Waals surface area contributed by atoms with Crippen molar-refractivity contribution in [3.05, 3.63) is 54.1 Å². The molecule has 1 atom stereocenters. The maximum Gasteiger partial charge on any atom is 0.338 e. The van der Waals surface area contributed by atoms with E-state index in [1.807, 2.05) is 0 Å². The molecular weight excluding hydrogens is 406 g/mol. The lowest BCUT2D eigenvalue weighted by atomic mass is 10.2. The van der Waals surface area contributed by atoms with Crippen molar-refractivity contribution in [3.63, 3.8) is 0 Å². The van der Waals surface area contributed by atoms with Crippen LogP contribution in [0.15, 0.2) is 48.6 Å². The van der Waals surface area contributed by atoms with Gasteiger partial charge in [-0.15, -0.1) is 15.0 Å². The van der Waals surface area contributed by atoms with E-state index < -0.39 is 18.0 Å². The number of fused-ring (bicyclic) bond motifs is 1. The minimum atomic E-state index is -1.17. The molecule has 31 heavy (non-hydrogen) atoms. The van der Waals surface area contributed by atoms with E-state index in [4.69, 9.17) is 14.2 Å². The Labute approximate surface area is 177 Å². The molecule has 1 aromatic heterocycles. The topological polar surface area (TPSA) is 133 Å². The molecule has 2 N–H and O–H groups in total. The Balaban J connectivity index is 1.67. The molecule has 10 heteroatoms. The largest absolute Gasteiger partial charge is 0.505 e. The quantitative estimate of drug-likeness (QED) is 0.407. The third-order valence-electron chi connectivity index (χ3n) is 4.18. The Morgan fingerprint density at radius 2 is 1.81 bits per heavy atom. The number of benzene rings is 2. The number of esters is 2. The zero-order chi connectivity index (χ0) is 22.5. The molecule has 3 rings (SSSR count). The average molecular weight is 427 g/mol. The molecule has 0 saturated carbocycles. The van der Waals surface area contributed by atoms with E-state index in [0.29, 0.717) is 22.5 Å². The molecule has 0 spiro atoms. The van der Waals surface area contributed by atoms with Crippen molar-refractivity contribution >= 4 is 23.0 Å². The summed E-state index contributed by atoms with van der Waals surface area (Å²) in [4.78, 5) is 24.8. The first-order valence-corrected chi connectivity index (χ1v) is 9.20. The smallest absolute Gasteiger partial charge is 0.338 e. The molecule has 0 amide bonds. The van der Waals surface area contributed by atoms with Crippen LogP contribution < -0.4 is 4.74 Å². The zero-order valence-electron chi connectivity index (χ0n) is 16.9. The molecule has 0 fully saturated rings. The molecule has 0 saturated heterocycles. The summed E-state index contributed by atoms with van der Waals surface area (Å²) in [5.41, 5.74) is 1.64. The number of aliphatic hydroxyl groups is 1. The van der Waals surface area contributed by atoms with Crippen LogP contribution in [0.4, 0.5) is 0 Å². The second-order valence-electron chi connectivity index (χ2n) is 6.68. The number of carbonyl (C=O) groups is 2. The lowest BCUT2D eigenvalue weighted by Gasteiger charge is -2.12. The molecule has 162 valence electrons. The minimum Gasteiger partial charge on any atom is -0.505 e. The number of ether oxygens (including phenoxy) is 3. The number of rotatable bonds is 8. The second-order valence-corrected chi connectivity index (χ2v) is 6.68. The van der Waals surface area contributed by atoms with Gasteiger partial charge < -0.3 is 24.4 Å². The number of methoxy groups -OCH3 is 1. The highest BCUT2D eigenvalue weighted by atomic mass is 16.6. The molecule has 0 aliphatic heterocycles. The van der Waals surface area contributed by atoms with Gasteiger partial charge in [0.15, 0.2) is 0 Å². The van der Waals surface area contributed by atoms with Crippen LogP contribution in [-0.2, 0) is 14.3 Å². The van der Waals surface area contributed by atoms with Crippen LogP contribution in [0.2, 0.25) is 0 Å². The Morgan fingerprint density at radius 1 is 1.10 bits per heavy atom. The molecule has 0 aliphatic rings. The maximum absolute atomic E-state index is 12.3. The fourth-order valence-electron chi connectivity index (χ4n) is 2.55. The van der Waals surface area contributed by atoms with Gasteiger partial charge in [-0.3, -0.25) is 0 Å². The number of phenols is 1. The highest BCUT2D eigenvalue weighted by Gasteiger charge is 2.16. The van der Waals surface area contributed by atoms with E-state index in [9.17, 15) is 19.8 Å². The Kier molecular flexibility index (Phi) is 6.51. The highest BCUT2D eigenvalue weighted by Crippen LogP contribution is 2.26. The number of phenolic OH excluding ortho intramolecular Hbond substituents is 1. The summed E-state index contributed by atoms with van der Waals surface area (Å²) in [5, 5.41) is 28.5. The molecule has 2 aromatic carbocycles. The minimum absolute atomic E-state index is 0.0689. The van der Waals surface area contributed by atoms with E-state index in [-0.39, 0.29) is 30.1 Å². The first kappa shape index (κ1) is 21.8. The van der Waals surface area contributed by atoms with Gasteiger partial charge in [-0.1, -0.05) is 6.58 Å². The van der Waals surface area contributed by atoms with Crippen LogP contribution in [-0.4, -0.2) is 63.6 Å². The van der Waals surface area contributed by atoms with Gasteiger partial charge in [0.05, 0.1) is 12.7 Å². The van der Waals surface area contributed by atoms with Crippen molar-refractivity contribution in [1.29, 1.82) is 0 Å². The maximum atomic E-state index is 12.3. The van der Waals surface area contributed by atoms with Crippen LogP contribution >= 0.6 is 0 Å². The fourth-order valence-corrected chi connectivity index (χ4v) is 2.55. The number of nitrogens with zero attached hydrogens (tertiary/aromatic N) is 3. The van der Waals surface area contributed by atoms with Crippen molar-refractivity contribution in [2.45, 2.75) is 13.0 Å². The predicted octanol–water partition coefficient (Wildman–Crippen LogP) is 1.77. The summed E-state index contributed by atoms with van der Waals surface area (Å²) in [6, 6.07) is 9.27. The van der Waals surface area contributed by atoms with Gasteiger partial charge in [0.2, 0.25) is 0 Å². The number of aromatic hydroxyl groups is 1. The van der Waals surface area contributed by atoms with Crippen molar-refractivity contribution in [3.8, 4) is 17.2 Å². The van der Waals surface area contributed by atoms with Crippen molar-refractivity contribution in [2.75, 3.05) is 20.3 Å². The lowest BCUT2D eigenvalue weighted by Crippen LogP contribution is -2.25. The SMILES string of the molecule is C=C(C)C(=O)OCC(O)COC(=O)c1ccc2nn(-c3ccc(OC)cc3O)nc2c1. The van der Waals surface area contributed by atoms with E-state index in [0.717, 1.165) is 0 Å². The highest BCUT2D eigenvalue weighted by molar-refractivity contribution is 5.93. The normalized spacial score (nSPS) is 11.7. The summed E-state index contributed by atoms with van der Waals surface area (Å²) >= 11 is 0. The van der Waals surface area contributed by atoms with E-state index >= 15 is 0 Å². The first-order chi connectivity index (χ1) is 14.8. The molecule has 0 radical (unpaired) electrons. The molecular formula is C21H21N3O7. The summed E-state index contributed by atoms with van der Waals surface area (Å²) in [7, 11) is 1.49. The second kappa shape index (κ2) is 9.26. The molecule has 10 nitrogen and oxygen atoms in total. The number of aromatic nitrogens is 3. The fraction of sp³-hybridized carbons (Fsp3) is 0.238. The van der Waals surface area contributed by atoms with Crippen LogP contribution in [0.25, 0.3) is 16.7 Å². The van der Waals surface area contributed by atoms with E-state index in [1.165, 1.54) is 37.0 Å². The number of carbonyl (C=O) groups excluding carboxylic acids is 2. The van der Waals surface area contributed by atoms with Gasteiger partial charge >= 0.3 is 11.9 Å².